The molecule has 1 aliphatic rings. The number of para-hydroxylation sites is 1. The summed E-state index contributed by atoms with van der Waals surface area (Å²) >= 11 is 0. The van der Waals surface area contributed by atoms with Gasteiger partial charge in [-0.05, 0) is 29.8 Å². The first-order chi connectivity index (χ1) is 14.2. The van der Waals surface area contributed by atoms with Crippen LogP contribution >= 0.6 is 0 Å². The Labute approximate surface area is 168 Å². The van der Waals surface area contributed by atoms with Crippen molar-refractivity contribution in [2.24, 2.45) is 0 Å². The van der Waals surface area contributed by atoms with Crippen LogP contribution in [0.5, 0.6) is 11.5 Å². The zero-order valence-corrected chi connectivity index (χ0v) is 15.7. The molecule has 0 aromatic heterocycles. The number of hydrogen-bond donors (Lipinski definition) is 1. The number of hydrogen-bond acceptors (Lipinski definition) is 4. The fraction of sp³-hybridized carbons (Fsp3) is 0.130. The van der Waals surface area contributed by atoms with E-state index in [4.69, 9.17) is 9.47 Å². The first-order valence-corrected chi connectivity index (χ1v) is 9.28. The Bertz CT molecular complexity index is 1010. The fourth-order valence-electron chi connectivity index (χ4n) is 3.07. The lowest BCUT2D eigenvalue weighted by Gasteiger charge is -2.23. The number of carbonyl (C=O) groups excluding carboxylic acids is 2. The van der Waals surface area contributed by atoms with Gasteiger partial charge in [-0.3, -0.25) is 9.59 Å². The van der Waals surface area contributed by atoms with Gasteiger partial charge in [-0.2, -0.15) is 0 Å². The van der Waals surface area contributed by atoms with Crippen LogP contribution in [0.2, 0.25) is 0 Å². The third-order valence-corrected chi connectivity index (χ3v) is 4.50. The second-order valence-electron chi connectivity index (χ2n) is 6.58. The highest BCUT2D eigenvalue weighted by Gasteiger charge is 2.19. The SMILES string of the molecule is O=C1COc2ccc(OCC(=O)N(Cc3ccccc3)c3ccccc3)cc2N1. The molecule has 0 saturated heterocycles. The van der Waals surface area contributed by atoms with Gasteiger partial charge in [0.1, 0.15) is 11.5 Å². The number of amides is 2. The molecule has 0 bridgehead atoms. The van der Waals surface area contributed by atoms with E-state index in [-0.39, 0.29) is 25.0 Å². The molecule has 0 aliphatic carbocycles. The van der Waals surface area contributed by atoms with Gasteiger partial charge in [0.25, 0.3) is 11.8 Å². The van der Waals surface area contributed by atoms with Crippen molar-refractivity contribution < 1.29 is 19.1 Å². The van der Waals surface area contributed by atoms with Crippen molar-refractivity contribution in [1.82, 2.24) is 0 Å². The standard InChI is InChI=1S/C23H20N2O4/c26-22-15-29-21-12-11-19(13-20(21)24-22)28-16-23(27)25(18-9-5-2-6-10-18)14-17-7-3-1-4-8-17/h1-13H,14-16H2,(H,24,26). The maximum Gasteiger partial charge on any atom is 0.265 e. The minimum absolute atomic E-state index is 0.00277. The van der Waals surface area contributed by atoms with Gasteiger partial charge >= 0.3 is 0 Å². The number of nitrogens with one attached hydrogen (secondary N) is 1. The lowest BCUT2D eigenvalue weighted by Crippen LogP contribution is -2.34. The molecule has 2 amide bonds. The topological polar surface area (TPSA) is 67.9 Å². The van der Waals surface area contributed by atoms with E-state index in [1.165, 1.54) is 0 Å². The lowest BCUT2D eigenvalue weighted by atomic mass is 10.2. The first-order valence-electron chi connectivity index (χ1n) is 9.28. The molecule has 6 nitrogen and oxygen atoms in total. The number of nitrogens with zero attached hydrogens (tertiary/aromatic N) is 1. The molecule has 6 heteroatoms. The molecule has 0 fully saturated rings. The predicted molar refractivity (Wildman–Crippen MR) is 110 cm³/mol. The maximum atomic E-state index is 13.0. The van der Waals surface area contributed by atoms with Crippen molar-refractivity contribution in [2.75, 3.05) is 23.4 Å². The maximum absolute atomic E-state index is 13.0. The fourth-order valence-corrected chi connectivity index (χ4v) is 3.07. The van der Waals surface area contributed by atoms with Crippen LogP contribution in [0, 0.1) is 0 Å². The highest BCUT2D eigenvalue weighted by atomic mass is 16.5. The van der Waals surface area contributed by atoms with Gasteiger partial charge in [0, 0.05) is 11.8 Å². The average molecular weight is 388 g/mol. The summed E-state index contributed by atoms with van der Waals surface area (Å²) in [6.07, 6.45) is 0. The normalized spacial score (nSPS) is 12.3. The highest BCUT2D eigenvalue weighted by molar-refractivity contribution is 5.96. The molecule has 3 aromatic rings. The van der Waals surface area contributed by atoms with Gasteiger partial charge in [0.2, 0.25) is 0 Å². The van der Waals surface area contributed by atoms with Crippen molar-refractivity contribution in [3.8, 4) is 11.5 Å². The van der Waals surface area contributed by atoms with Gasteiger partial charge in [0.05, 0.1) is 12.2 Å². The van der Waals surface area contributed by atoms with Gasteiger partial charge in [-0.15, -0.1) is 0 Å². The summed E-state index contributed by atoms with van der Waals surface area (Å²) in [5, 5.41) is 2.73. The van der Waals surface area contributed by atoms with Crippen molar-refractivity contribution in [1.29, 1.82) is 0 Å². The Kier molecular flexibility index (Phi) is 5.42. The van der Waals surface area contributed by atoms with E-state index in [0.29, 0.717) is 23.7 Å². The molecular formula is C23H20N2O4. The molecule has 0 atom stereocenters. The van der Waals surface area contributed by atoms with E-state index in [2.05, 4.69) is 5.32 Å². The highest BCUT2D eigenvalue weighted by Crippen LogP contribution is 2.31. The molecule has 1 N–H and O–H groups in total. The number of carbonyl (C=O) groups is 2. The van der Waals surface area contributed by atoms with Crippen LogP contribution in [0.3, 0.4) is 0 Å². The van der Waals surface area contributed by atoms with Crippen molar-refractivity contribution in [2.45, 2.75) is 6.54 Å². The van der Waals surface area contributed by atoms with Gasteiger partial charge in [0.15, 0.2) is 13.2 Å². The quantitative estimate of drug-likeness (QED) is 0.700. The van der Waals surface area contributed by atoms with Crippen LogP contribution in [0.25, 0.3) is 0 Å². The summed E-state index contributed by atoms with van der Waals surface area (Å²) in [7, 11) is 0. The Hall–Kier alpha value is -3.80. The number of ether oxygens (including phenoxy) is 2. The van der Waals surface area contributed by atoms with Gasteiger partial charge in [-0.1, -0.05) is 48.5 Å². The molecule has 0 saturated carbocycles. The van der Waals surface area contributed by atoms with Crippen LogP contribution in [0.1, 0.15) is 5.56 Å². The first kappa shape index (κ1) is 18.6. The largest absolute Gasteiger partial charge is 0.484 e. The Morgan fingerprint density at radius 3 is 2.48 bits per heavy atom. The van der Waals surface area contributed by atoms with E-state index in [1.807, 2.05) is 60.7 Å². The molecule has 1 aliphatic heterocycles. The Morgan fingerprint density at radius 1 is 1.00 bits per heavy atom. The third kappa shape index (κ3) is 4.55. The molecule has 4 rings (SSSR count). The van der Waals surface area contributed by atoms with Gasteiger partial charge < -0.3 is 19.7 Å². The number of fused-ring (bicyclic) bond motifs is 1. The molecule has 1 heterocycles. The molecule has 0 spiro atoms. The van der Waals surface area contributed by atoms with E-state index in [9.17, 15) is 9.59 Å². The molecular weight excluding hydrogens is 368 g/mol. The summed E-state index contributed by atoms with van der Waals surface area (Å²) in [5.74, 6) is 0.677. The Balaban J connectivity index is 1.48. The van der Waals surface area contributed by atoms with E-state index >= 15 is 0 Å². The zero-order chi connectivity index (χ0) is 20.1. The molecule has 3 aromatic carbocycles. The van der Waals surface area contributed by atoms with Crippen LogP contribution in [0.15, 0.2) is 78.9 Å². The molecule has 146 valence electrons. The van der Waals surface area contributed by atoms with Crippen LogP contribution in [-0.4, -0.2) is 25.0 Å². The van der Waals surface area contributed by atoms with Crippen LogP contribution < -0.4 is 19.7 Å². The number of rotatable bonds is 6. The molecule has 0 unspecified atom stereocenters. The van der Waals surface area contributed by atoms with Crippen LogP contribution in [-0.2, 0) is 16.1 Å². The van der Waals surface area contributed by atoms with Crippen LogP contribution in [0.4, 0.5) is 11.4 Å². The molecule has 0 radical (unpaired) electrons. The second kappa shape index (κ2) is 8.48. The second-order valence-corrected chi connectivity index (χ2v) is 6.58. The van der Waals surface area contributed by atoms with Gasteiger partial charge in [-0.25, -0.2) is 0 Å². The summed E-state index contributed by atoms with van der Waals surface area (Å²) in [4.78, 5) is 26.1. The minimum atomic E-state index is -0.219. The van der Waals surface area contributed by atoms with E-state index in [0.717, 1.165) is 11.3 Å². The summed E-state index contributed by atoms with van der Waals surface area (Å²) in [6.45, 7) is 0.313. The summed E-state index contributed by atoms with van der Waals surface area (Å²) < 4.78 is 11.0. The number of anilines is 2. The van der Waals surface area contributed by atoms with Crippen molar-refractivity contribution in [3.05, 3.63) is 84.4 Å². The van der Waals surface area contributed by atoms with E-state index in [1.54, 1.807) is 23.1 Å². The lowest BCUT2D eigenvalue weighted by molar-refractivity contribution is -0.121. The minimum Gasteiger partial charge on any atom is -0.484 e. The average Bonchev–Trinajstić information content (AvgIpc) is 2.77. The van der Waals surface area contributed by atoms with Crippen molar-refractivity contribution in [3.63, 3.8) is 0 Å². The molecule has 29 heavy (non-hydrogen) atoms. The number of benzene rings is 3. The summed E-state index contributed by atoms with van der Waals surface area (Å²) in [6, 6.07) is 24.4. The van der Waals surface area contributed by atoms with E-state index < -0.39 is 0 Å². The zero-order valence-electron chi connectivity index (χ0n) is 15.7. The monoisotopic (exact) mass is 388 g/mol. The van der Waals surface area contributed by atoms with Crippen molar-refractivity contribution >= 4 is 23.2 Å². The summed E-state index contributed by atoms with van der Waals surface area (Å²) in [5.41, 5.74) is 2.37. The Morgan fingerprint density at radius 2 is 1.72 bits per heavy atom. The smallest absolute Gasteiger partial charge is 0.265 e. The third-order valence-electron chi connectivity index (χ3n) is 4.50. The predicted octanol–water partition coefficient (Wildman–Crippen LogP) is 3.63.